The molecule has 2 unspecified atom stereocenters. The summed E-state index contributed by atoms with van der Waals surface area (Å²) >= 11 is 0. The van der Waals surface area contributed by atoms with Crippen LogP contribution in [0, 0.1) is 23.2 Å². The number of amides is 1. The normalized spacial score (nSPS) is 27.2. The van der Waals surface area contributed by atoms with Gasteiger partial charge < -0.3 is 9.47 Å². The van der Waals surface area contributed by atoms with Crippen molar-refractivity contribution in [2.45, 2.75) is 131 Å². The summed E-state index contributed by atoms with van der Waals surface area (Å²) in [6.07, 6.45) is 12.9. The minimum Gasteiger partial charge on any atom is -0.327 e. The van der Waals surface area contributed by atoms with Crippen molar-refractivity contribution in [3.8, 4) is 11.3 Å². The molecule has 0 spiro atoms. The Balaban J connectivity index is 1.30. The molecule has 1 aromatic carbocycles. The molecule has 2 fully saturated rings. The first-order valence-electron chi connectivity index (χ1n) is 16.8. The SMILES string of the molecule is CCCc1nc(-c2ccc3c(c2)N(C2CC(C4CCC(C)(C)CCCC4C)C2)C(=O)C3(C)C)cc2ncn(C(C)C)c12. The van der Waals surface area contributed by atoms with Gasteiger partial charge in [-0.1, -0.05) is 59.1 Å². The van der Waals surface area contributed by atoms with Crippen molar-refractivity contribution in [1.29, 1.82) is 0 Å². The van der Waals surface area contributed by atoms with Crippen molar-refractivity contribution in [3.63, 3.8) is 0 Å². The van der Waals surface area contributed by atoms with E-state index in [9.17, 15) is 4.79 Å². The van der Waals surface area contributed by atoms with Gasteiger partial charge in [0.25, 0.3) is 0 Å². The maximum atomic E-state index is 14.0. The first-order chi connectivity index (χ1) is 19.9. The molecular weight excluding hydrogens is 516 g/mol. The Kier molecular flexibility index (Phi) is 7.55. The first kappa shape index (κ1) is 29.4. The van der Waals surface area contributed by atoms with Crippen LogP contribution in [0.5, 0.6) is 0 Å². The first-order valence-corrected chi connectivity index (χ1v) is 16.8. The molecule has 0 bridgehead atoms. The molecule has 0 radical (unpaired) electrons. The summed E-state index contributed by atoms with van der Waals surface area (Å²) in [6.45, 7) is 18.2. The Hall–Kier alpha value is -2.69. The topological polar surface area (TPSA) is 51.0 Å². The molecule has 3 aliphatic rings. The van der Waals surface area contributed by atoms with Crippen molar-refractivity contribution in [1.82, 2.24) is 14.5 Å². The van der Waals surface area contributed by atoms with Gasteiger partial charge in [0.2, 0.25) is 5.91 Å². The number of fused-ring (bicyclic) bond motifs is 2. The van der Waals surface area contributed by atoms with Gasteiger partial charge in [0.15, 0.2) is 0 Å². The fraction of sp³-hybridized carbons (Fsp3) is 0.649. The number of anilines is 1. The number of aryl methyl sites for hydroxylation is 1. The quantitative estimate of drug-likeness (QED) is 0.298. The van der Waals surface area contributed by atoms with E-state index in [1.54, 1.807) is 0 Å². The van der Waals surface area contributed by atoms with Crippen LogP contribution in [0.2, 0.25) is 0 Å². The highest BCUT2D eigenvalue weighted by atomic mass is 16.2. The molecule has 5 heteroatoms. The molecule has 5 nitrogen and oxygen atoms in total. The van der Waals surface area contributed by atoms with Gasteiger partial charge >= 0.3 is 0 Å². The van der Waals surface area contributed by atoms with Gasteiger partial charge in [0.1, 0.15) is 0 Å². The minimum atomic E-state index is -0.503. The number of aromatic nitrogens is 3. The molecule has 2 aliphatic carbocycles. The average Bonchev–Trinajstić information content (AvgIpc) is 3.42. The van der Waals surface area contributed by atoms with Crippen LogP contribution in [0.25, 0.3) is 22.3 Å². The van der Waals surface area contributed by atoms with Gasteiger partial charge in [-0.05, 0) is 107 Å². The van der Waals surface area contributed by atoms with Crippen molar-refractivity contribution in [3.05, 3.63) is 41.9 Å². The van der Waals surface area contributed by atoms with Crippen LogP contribution in [0.15, 0.2) is 30.6 Å². The Morgan fingerprint density at radius 3 is 2.52 bits per heavy atom. The third-order valence-corrected chi connectivity index (χ3v) is 11.2. The molecule has 2 saturated carbocycles. The van der Waals surface area contributed by atoms with Gasteiger partial charge in [-0.3, -0.25) is 9.78 Å². The smallest absolute Gasteiger partial charge is 0.237 e. The van der Waals surface area contributed by atoms with Crippen LogP contribution in [0.1, 0.15) is 124 Å². The fourth-order valence-electron chi connectivity index (χ4n) is 8.37. The zero-order valence-corrected chi connectivity index (χ0v) is 27.3. The van der Waals surface area contributed by atoms with Crippen LogP contribution in [-0.4, -0.2) is 26.5 Å². The van der Waals surface area contributed by atoms with Gasteiger partial charge in [0.05, 0.1) is 34.2 Å². The lowest BCUT2D eigenvalue weighted by atomic mass is 9.63. The van der Waals surface area contributed by atoms with E-state index in [1.165, 1.54) is 32.1 Å². The maximum absolute atomic E-state index is 14.0. The van der Waals surface area contributed by atoms with Crippen molar-refractivity contribution >= 4 is 22.6 Å². The molecule has 0 saturated heterocycles. The van der Waals surface area contributed by atoms with Crippen LogP contribution in [0.3, 0.4) is 0 Å². The van der Waals surface area contributed by atoms with E-state index in [1.807, 2.05) is 6.33 Å². The second-order valence-electron chi connectivity index (χ2n) is 15.5. The predicted molar refractivity (Wildman–Crippen MR) is 174 cm³/mol. The molecule has 226 valence electrons. The number of nitrogens with zero attached hydrogens (tertiary/aromatic N) is 4. The van der Waals surface area contributed by atoms with E-state index >= 15 is 0 Å². The predicted octanol–water partition coefficient (Wildman–Crippen LogP) is 9.28. The van der Waals surface area contributed by atoms with E-state index in [0.717, 1.165) is 82.7 Å². The van der Waals surface area contributed by atoms with E-state index in [4.69, 9.17) is 9.97 Å². The van der Waals surface area contributed by atoms with Crippen LogP contribution < -0.4 is 4.90 Å². The largest absolute Gasteiger partial charge is 0.327 e. The Bertz CT molecular complexity index is 1470. The molecular formula is C37H52N4O. The average molecular weight is 569 g/mol. The van der Waals surface area contributed by atoms with Crippen LogP contribution >= 0.6 is 0 Å². The molecule has 3 aromatic rings. The zero-order chi connectivity index (χ0) is 30.0. The van der Waals surface area contributed by atoms with Gasteiger partial charge in [-0.2, -0.15) is 0 Å². The lowest BCUT2D eigenvalue weighted by Gasteiger charge is -2.48. The summed E-state index contributed by atoms with van der Waals surface area (Å²) in [5.74, 6) is 2.57. The summed E-state index contributed by atoms with van der Waals surface area (Å²) in [5.41, 5.74) is 7.52. The minimum absolute atomic E-state index is 0.260. The zero-order valence-electron chi connectivity index (χ0n) is 27.3. The highest BCUT2D eigenvalue weighted by molar-refractivity contribution is 6.08. The number of carbonyl (C=O) groups is 1. The third kappa shape index (κ3) is 4.99. The molecule has 0 N–H and O–H groups in total. The Morgan fingerprint density at radius 1 is 1.05 bits per heavy atom. The summed E-state index contributed by atoms with van der Waals surface area (Å²) in [7, 11) is 0. The van der Waals surface area contributed by atoms with E-state index in [-0.39, 0.29) is 5.91 Å². The summed E-state index contributed by atoms with van der Waals surface area (Å²) in [6, 6.07) is 9.38. The Morgan fingerprint density at radius 2 is 1.81 bits per heavy atom. The van der Waals surface area contributed by atoms with Gasteiger partial charge in [0, 0.05) is 23.3 Å². The summed E-state index contributed by atoms with van der Waals surface area (Å²) in [4.78, 5) is 26.2. The second-order valence-corrected chi connectivity index (χ2v) is 15.5. The van der Waals surface area contributed by atoms with Crippen LogP contribution in [0.4, 0.5) is 5.69 Å². The highest BCUT2D eigenvalue weighted by Crippen LogP contribution is 2.52. The van der Waals surface area contributed by atoms with Crippen molar-refractivity contribution in [2.75, 3.05) is 4.90 Å². The van der Waals surface area contributed by atoms with Gasteiger partial charge in [-0.15, -0.1) is 0 Å². The monoisotopic (exact) mass is 568 g/mol. The van der Waals surface area contributed by atoms with Crippen molar-refractivity contribution < 1.29 is 4.79 Å². The number of imidazole rings is 1. The number of benzene rings is 1. The standard InChI is InChI=1S/C37H52N4O/c1-9-11-30-34-32(38-22-40(34)23(2)3)21-31(39-30)25-13-14-29-33(20-25)41(35(42)37(29,7)8)27-18-26(19-27)28-15-17-36(5,6)16-10-12-24(28)4/h13-14,20-24,26-28H,9-12,15-19H2,1-8H3. The number of pyridine rings is 1. The van der Waals surface area contributed by atoms with E-state index < -0.39 is 5.41 Å². The van der Waals surface area contributed by atoms with Crippen molar-refractivity contribution in [2.24, 2.45) is 23.2 Å². The fourth-order valence-corrected chi connectivity index (χ4v) is 8.37. The number of hydrogen-bond acceptors (Lipinski definition) is 3. The number of hydrogen-bond donors (Lipinski definition) is 0. The molecule has 1 aliphatic heterocycles. The summed E-state index contributed by atoms with van der Waals surface area (Å²) in [5, 5.41) is 0. The maximum Gasteiger partial charge on any atom is 0.237 e. The lowest BCUT2D eigenvalue weighted by Crippen LogP contribution is -2.51. The van der Waals surface area contributed by atoms with E-state index in [2.05, 4.69) is 89.1 Å². The third-order valence-electron chi connectivity index (χ3n) is 11.2. The molecule has 1 amide bonds. The van der Waals surface area contributed by atoms with E-state index in [0.29, 0.717) is 17.5 Å². The lowest BCUT2D eigenvalue weighted by molar-refractivity contribution is -0.123. The molecule has 2 aromatic heterocycles. The molecule has 42 heavy (non-hydrogen) atoms. The molecule has 2 atom stereocenters. The molecule has 6 rings (SSSR count). The highest BCUT2D eigenvalue weighted by Gasteiger charge is 2.50. The Labute approximate surface area is 253 Å². The van der Waals surface area contributed by atoms with Crippen LogP contribution in [-0.2, 0) is 16.6 Å². The number of carbonyl (C=O) groups excluding carboxylic acids is 1. The second kappa shape index (κ2) is 10.8. The summed E-state index contributed by atoms with van der Waals surface area (Å²) < 4.78 is 2.24. The van der Waals surface area contributed by atoms with Gasteiger partial charge in [-0.25, -0.2) is 4.98 Å². The number of rotatable bonds is 6. The molecule has 3 heterocycles.